The largest absolute Gasteiger partial charge is 0.489 e. The average molecular weight is 432 g/mol. The number of rotatable bonds is 6. The highest BCUT2D eigenvalue weighted by Gasteiger charge is 2.35. The van der Waals surface area contributed by atoms with E-state index in [0.717, 1.165) is 43.4 Å². The lowest BCUT2D eigenvalue weighted by Gasteiger charge is -2.44. The van der Waals surface area contributed by atoms with Gasteiger partial charge in [0.1, 0.15) is 17.7 Å². The molecule has 2 aliphatic rings. The highest BCUT2D eigenvalue weighted by molar-refractivity contribution is 6.30. The summed E-state index contributed by atoms with van der Waals surface area (Å²) in [6.45, 7) is 6.02. The molecule has 6 heteroatoms. The molecular formula is C24H27ClFNO3. The van der Waals surface area contributed by atoms with Crippen LogP contribution in [0.3, 0.4) is 0 Å². The lowest BCUT2D eigenvalue weighted by Crippen LogP contribution is -2.50. The summed E-state index contributed by atoms with van der Waals surface area (Å²) in [5.74, 6) is -1.23. The highest BCUT2D eigenvalue weighted by atomic mass is 35.5. The number of hydrogen-bond donors (Lipinski definition) is 1. The molecule has 1 atom stereocenters. The third-order valence-electron chi connectivity index (χ3n) is 6.34. The van der Waals surface area contributed by atoms with Crippen LogP contribution in [0.5, 0.6) is 5.75 Å². The Hall–Kier alpha value is -2.11. The zero-order valence-corrected chi connectivity index (χ0v) is 18.1. The number of aromatic carboxylic acids is 1. The summed E-state index contributed by atoms with van der Waals surface area (Å²) in [5.41, 5.74) is 1.47. The summed E-state index contributed by atoms with van der Waals surface area (Å²) in [6.07, 6.45) is 3.75. The Morgan fingerprint density at radius 1 is 1.23 bits per heavy atom. The summed E-state index contributed by atoms with van der Waals surface area (Å²) >= 11 is 6.21. The zero-order chi connectivity index (χ0) is 21.5. The smallest absolute Gasteiger partial charge is 0.338 e. The SMILES string of the molecule is CC(C)(c1cccc(Cl)c1)N1CCCC(Oc2cc(F)c(C(=O)O)cc2C2CC2)C1. The monoisotopic (exact) mass is 431 g/mol. The third-order valence-corrected chi connectivity index (χ3v) is 6.58. The van der Waals surface area contributed by atoms with Crippen LogP contribution >= 0.6 is 11.6 Å². The van der Waals surface area contributed by atoms with E-state index >= 15 is 0 Å². The van der Waals surface area contributed by atoms with E-state index in [0.29, 0.717) is 17.3 Å². The molecule has 0 amide bonds. The Morgan fingerprint density at radius 2 is 2.00 bits per heavy atom. The van der Waals surface area contributed by atoms with Crippen molar-refractivity contribution in [3.63, 3.8) is 0 Å². The molecule has 1 aliphatic carbocycles. The van der Waals surface area contributed by atoms with Crippen LogP contribution in [0.25, 0.3) is 0 Å². The molecule has 0 bridgehead atoms. The maximum Gasteiger partial charge on any atom is 0.338 e. The van der Waals surface area contributed by atoms with Gasteiger partial charge in [0.2, 0.25) is 0 Å². The molecule has 2 aromatic rings. The molecule has 0 aromatic heterocycles. The summed E-state index contributed by atoms with van der Waals surface area (Å²) in [7, 11) is 0. The van der Waals surface area contributed by atoms with E-state index in [-0.39, 0.29) is 23.1 Å². The second kappa shape index (κ2) is 8.20. The maximum absolute atomic E-state index is 14.4. The number of likely N-dealkylation sites (tertiary alicyclic amines) is 1. The van der Waals surface area contributed by atoms with Crippen LogP contribution in [0.1, 0.15) is 66.9 Å². The van der Waals surface area contributed by atoms with Gasteiger partial charge in [0, 0.05) is 23.2 Å². The Kier molecular flexibility index (Phi) is 5.78. The molecular weight excluding hydrogens is 405 g/mol. The minimum absolute atomic E-state index is 0.0789. The normalized spacial score (nSPS) is 20.2. The van der Waals surface area contributed by atoms with Gasteiger partial charge in [-0.1, -0.05) is 23.7 Å². The first-order chi connectivity index (χ1) is 14.3. The van der Waals surface area contributed by atoms with E-state index in [2.05, 4.69) is 24.8 Å². The lowest BCUT2D eigenvalue weighted by atomic mass is 9.89. The first-order valence-corrected chi connectivity index (χ1v) is 10.9. The van der Waals surface area contributed by atoms with E-state index in [4.69, 9.17) is 16.3 Å². The molecule has 160 valence electrons. The first kappa shape index (κ1) is 21.1. The molecule has 4 rings (SSSR count). The molecule has 1 unspecified atom stereocenters. The molecule has 2 fully saturated rings. The molecule has 30 heavy (non-hydrogen) atoms. The van der Waals surface area contributed by atoms with E-state index in [1.54, 1.807) is 0 Å². The second-order valence-corrected chi connectivity index (χ2v) is 9.28. The number of hydrogen-bond acceptors (Lipinski definition) is 3. The van der Waals surface area contributed by atoms with Gasteiger partial charge in [0.05, 0.1) is 5.56 Å². The van der Waals surface area contributed by atoms with Crippen molar-refractivity contribution >= 4 is 17.6 Å². The first-order valence-electron chi connectivity index (χ1n) is 10.5. The van der Waals surface area contributed by atoms with Crippen LogP contribution in [0, 0.1) is 5.82 Å². The fraction of sp³-hybridized carbons (Fsp3) is 0.458. The number of carbonyl (C=O) groups is 1. The molecule has 1 saturated heterocycles. The number of halogens is 2. The number of benzene rings is 2. The number of piperidine rings is 1. The second-order valence-electron chi connectivity index (χ2n) is 8.85. The molecule has 0 radical (unpaired) electrons. The van der Waals surface area contributed by atoms with Gasteiger partial charge in [0.15, 0.2) is 0 Å². The van der Waals surface area contributed by atoms with Crippen molar-refractivity contribution in [1.82, 2.24) is 4.90 Å². The van der Waals surface area contributed by atoms with Gasteiger partial charge in [0.25, 0.3) is 0 Å². The Balaban J connectivity index is 1.55. The quantitative estimate of drug-likeness (QED) is 0.624. The minimum Gasteiger partial charge on any atom is -0.489 e. The molecule has 1 heterocycles. The summed E-state index contributed by atoms with van der Waals surface area (Å²) < 4.78 is 20.6. The van der Waals surface area contributed by atoms with Gasteiger partial charge in [-0.25, -0.2) is 9.18 Å². The van der Waals surface area contributed by atoms with Gasteiger partial charge >= 0.3 is 5.97 Å². The third kappa shape index (κ3) is 4.33. The molecule has 2 aromatic carbocycles. The van der Waals surface area contributed by atoms with Crippen molar-refractivity contribution in [2.24, 2.45) is 0 Å². The van der Waals surface area contributed by atoms with Crippen LogP contribution in [0.2, 0.25) is 5.02 Å². The van der Waals surface area contributed by atoms with Crippen molar-refractivity contribution in [2.75, 3.05) is 13.1 Å². The molecule has 1 aliphatic heterocycles. The van der Waals surface area contributed by atoms with Crippen molar-refractivity contribution in [2.45, 2.75) is 57.1 Å². The molecule has 1 saturated carbocycles. The highest BCUT2D eigenvalue weighted by Crippen LogP contribution is 2.45. The topological polar surface area (TPSA) is 49.8 Å². The van der Waals surface area contributed by atoms with Gasteiger partial charge in [-0.05, 0) is 81.3 Å². The van der Waals surface area contributed by atoms with Gasteiger partial charge < -0.3 is 9.84 Å². The number of carboxylic acids is 1. The van der Waals surface area contributed by atoms with E-state index in [1.165, 1.54) is 12.1 Å². The fourth-order valence-electron chi connectivity index (χ4n) is 4.32. The number of carboxylic acid groups (broad SMARTS) is 1. The molecule has 0 spiro atoms. The number of nitrogens with zero attached hydrogens (tertiary/aromatic N) is 1. The van der Waals surface area contributed by atoms with Gasteiger partial charge in [-0.3, -0.25) is 4.90 Å². The Bertz CT molecular complexity index is 957. The molecule has 4 nitrogen and oxygen atoms in total. The van der Waals surface area contributed by atoms with Crippen LogP contribution in [-0.2, 0) is 5.54 Å². The summed E-state index contributed by atoms with van der Waals surface area (Å²) in [6, 6.07) is 10.6. The summed E-state index contributed by atoms with van der Waals surface area (Å²) in [5, 5.41) is 9.98. The Morgan fingerprint density at radius 3 is 2.67 bits per heavy atom. The molecule has 1 N–H and O–H groups in total. The van der Waals surface area contributed by atoms with E-state index in [1.807, 2.05) is 18.2 Å². The summed E-state index contributed by atoms with van der Waals surface area (Å²) in [4.78, 5) is 13.7. The van der Waals surface area contributed by atoms with E-state index in [9.17, 15) is 14.3 Å². The minimum atomic E-state index is -1.24. The van der Waals surface area contributed by atoms with Crippen LogP contribution in [0.15, 0.2) is 36.4 Å². The van der Waals surface area contributed by atoms with Crippen molar-refractivity contribution in [3.8, 4) is 5.75 Å². The lowest BCUT2D eigenvalue weighted by molar-refractivity contribution is 0.0243. The van der Waals surface area contributed by atoms with Crippen molar-refractivity contribution < 1.29 is 19.0 Å². The standard InChI is InChI=1S/C24H27ClFNO3/c1-24(2,16-5-3-6-17(25)11-16)27-10-4-7-18(14-27)30-22-13-21(26)20(23(28)29)12-19(22)15-8-9-15/h3,5-6,11-13,15,18H,4,7-10,14H2,1-2H3,(H,28,29). The average Bonchev–Trinajstić information content (AvgIpc) is 3.53. The van der Waals surface area contributed by atoms with Gasteiger partial charge in [-0.15, -0.1) is 0 Å². The van der Waals surface area contributed by atoms with Gasteiger partial charge in [-0.2, -0.15) is 0 Å². The maximum atomic E-state index is 14.4. The van der Waals surface area contributed by atoms with Crippen LogP contribution < -0.4 is 4.74 Å². The van der Waals surface area contributed by atoms with E-state index < -0.39 is 11.8 Å². The van der Waals surface area contributed by atoms with Crippen molar-refractivity contribution in [1.29, 1.82) is 0 Å². The van der Waals surface area contributed by atoms with Crippen LogP contribution in [-0.4, -0.2) is 35.2 Å². The predicted octanol–water partition coefficient (Wildman–Crippen LogP) is 5.83. The van der Waals surface area contributed by atoms with Crippen LogP contribution in [0.4, 0.5) is 4.39 Å². The number of ether oxygens (including phenoxy) is 1. The Labute approximate surface area is 181 Å². The van der Waals surface area contributed by atoms with Crippen molar-refractivity contribution in [3.05, 3.63) is 63.9 Å². The fourth-order valence-corrected chi connectivity index (χ4v) is 4.51. The zero-order valence-electron chi connectivity index (χ0n) is 17.3. The predicted molar refractivity (Wildman–Crippen MR) is 115 cm³/mol.